The van der Waals surface area contributed by atoms with Crippen LogP contribution in [-0.2, 0) is 6.54 Å². The molecule has 0 amide bonds. The van der Waals surface area contributed by atoms with E-state index in [-0.39, 0.29) is 0 Å². The SMILES string of the molecule is CCN(CC)CCCNCc1csc(Br)c1. The van der Waals surface area contributed by atoms with Crippen LogP contribution in [0.2, 0.25) is 0 Å². The molecule has 1 heterocycles. The Balaban J connectivity index is 2.04. The first kappa shape index (κ1) is 14.2. The van der Waals surface area contributed by atoms with Crippen molar-refractivity contribution in [2.24, 2.45) is 0 Å². The first-order valence-corrected chi connectivity index (χ1v) is 7.59. The molecule has 0 atom stereocenters. The molecule has 1 N–H and O–H groups in total. The Morgan fingerprint density at radius 3 is 2.69 bits per heavy atom. The number of hydrogen-bond donors (Lipinski definition) is 1. The lowest BCUT2D eigenvalue weighted by Crippen LogP contribution is -2.27. The minimum absolute atomic E-state index is 0.986. The highest BCUT2D eigenvalue weighted by atomic mass is 79.9. The van der Waals surface area contributed by atoms with Crippen molar-refractivity contribution in [1.82, 2.24) is 10.2 Å². The zero-order chi connectivity index (χ0) is 11.8. The average Bonchev–Trinajstić information content (AvgIpc) is 2.70. The zero-order valence-corrected chi connectivity index (χ0v) is 12.5. The molecule has 1 rings (SSSR count). The van der Waals surface area contributed by atoms with Crippen LogP contribution in [0.5, 0.6) is 0 Å². The highest BCUT2D eigenvalue weighted by molar-refractivity contribution is 9.11. The molecule has 2 nitrogen and oxygen atoms in total. The highest BCUT2D eigenvalue weighted by Gasteiger charge is 1.99. The molecule has 0 fully saturated rings. The maximum absolute atomic E-state index is 3.48. The fourth-order valence-corrected chi connectivity index (χ4v) is 2.85. The van der Waals surface area contributed by atoms with E-state index in [4.69, 9.17) is 0 Å². The molecule has 0 spiro atoms. The van der Waals surface area contributed by atoms with Crippen LogP contribution in [0.1, 0.15) is 25.8 Å². The van der Waals surface area contributed by atoms with E-state index in [1.54, 1.807) is 11.3 Å². The summed E-state index contributed by atoms with van der Waals surface area (Å²) >= 11 is 5.23. The zero-order valence-electron chi connectivity index (χ0n) is 10.1. The van der Waals surface area contributed by atoms with Gasteiger partial charge in [0.2, 0.25) is 0 Å². The molecular formula is C12H21BrN2S. The molecule has 0 aliphatic rings. The maximum Gasteiger partial charge on any atom is 0.0701 e. The molecule has 0 saturated heterocycles. The lowest BCUT2D eigenvalue weighted by Gasteiger charge is -2.17. The van der Waals surface area contributed by atoms with E-state index in [0.29, 0.717) is 0 Å². The number of thiophene rings is 1. The van der Waals surface area contributed by atoms with Crippen LogP contribution >= 0.6 is 27.3 Å². The second-order valence-electron chi connectivity index (χ2n) is 3.82. The lowest BCUT2D eigenvalue weighted by molar-refractivity contribution is 0.298. The molecule has 0 unspecified atom stereocenters. The molecule has 0 saturated carbocycles. The second kappa shape index (κ2) is 8.23. The van der Waals surface area contributed by atoms with Crippen molar-refractivity contribution in [2.75, 3.05) is 26.2 Å². The normalized spacial score (nSPS) is 11.2. The lowest BCUT2D eigenvalue weighted by atomic mass is 10.3. The average molecular weight is 305 g/mol. The third kappa shape index (κ3) is 5.43. The van der Waals surface area contributed by atoms with Crippen molar-refractivity contribution in [3.05, 3.63) is 20.8 Å². The Morgan fingerprint density at radius 1 is 1.38 bits per heavy atom. The number of rotatable bonds is 8. The molecular weight excluding hydrogens is 284 g/mol. The molecule has 92 valence electrons. The Morgan fingerprint density at radius 2 is 2.12 bits per heavy atom. The Hall–Kier alpha value is 0.100. The van der Waals surface area contributed by atoms with Crippen LogP contribution < -0.4 is 5.32 Å². The minimum atomic E-state index is 0.986. The molecule has 1 aromatic heterocycles. The Labute approximate surface area is 111 Å². The summed E-state index contributed by atoms with van der Waals surface area (Å²) in [5.74, 6) is 0. The van der Waals surface area contributed by atoms with Crippen molar-refractivity contribution in [1.29, 1.82) is 0 Å². The fourth-order valence-electron chi connectivity index (χ4n) is 1.64. The fraction of sp³-hybridized carbons (Fsp3) is 0.667. The molecule has 0 radical (unpaired) electrons. The van der Waals surface area contributed by atoms with Gasteiger partial charge >= 0.3 is 0 Å². The van der Waals surface area contributed by atoms with Crippen molar-refractivity contribution in [3.8, 4) is 0 Å². The quantitative estimate of drug-likeness (QED) is 0.741. The van der Waals surface area contributed by atoms with Gasteiger partial charge in [-0.2, -0.15) is 0 Å². The molecule has 0 bridgehead atoms. The number of hydrogen-bond acceptors (Lipinski definition) is 3. The topological polar surface area (TPSA) is 15.3 Å². The van der Waals surface area contributed by atoms with Gasteiger partial charge in [-0.3, -0.25) is 0 Å². The van der Waals surface area contributed by atoms with Crippen molar-refractivity contribution in [3.63, 3.8) is 0 Å². The number of nitrogens with zero attached hydrogens (tertiary/aromatic N) is 1. The molecule has 1 aromatic rings. The summed E-state index contributed by atoms with van der Waals surface area (Å²) in [5, 5.41) is 5.67. The van der Waals surface area contributed by atoms with Crippen molar-refractivity contribution in [2.45, 2.75) is 26.8 Å². The molecule has 16 heavy (non-hydrogen) atoms. The van der Waals surface area contributed by atoms with E-state index >= 15 is 0 Å². The van der Waals surface area contributed by atoms with Gasteiger partial charge in [-0.05, 0) is 65.5 Å². The number of halogens is 1. The van der Waals surface area contributed by atoms with Gasteiger partial charge in [0.05, 0.1) is 3.79 Å². The standard InChI is InChI=1S/C12H21BrN2S/c1-3-15(4-2)7-5-6-14-9-11-8-12(13)16-10-11/h8,10,14H,3-7,9H2,1-2H3. The number of nitrogens with one attached hydrogen (secondary N) is 1. The van der Waals surface area contributed by atoms with E-state index in [0.717, 1.165) is 26.2 Å². The van der Waals surface area contributed by atoms with Crippen LogP contribution in [0.3, 0.4) is 0 Å². The predicted molar refractivity (Wildman–Crippen MR) is 76.1 cm³/mol. The van der Waals surface area contributed by atoms with E-state index < -0.39 is 0 Å². The highest BCUT2D eigenvalue weighted by Crippen LogP contribution is 2.20. The van der Waals surface area contributed by atoms with Crippen LogP contribution in [0.4, 0.5) is 0 Å². The maximum atomic E-state index is 3.48. The summed E-state index contributed by atoms with van der Waals surface area (Å²) in [6.07, 6.45) is 1.23. The predicted octanol–water partition coefficient (Wildman–Crippen LogP) is 3.33. The first-order valence-electron chi connectivity index (χ1n) is 5.92. The summed E-state index contributed by atoms with van der Waals surface area (Å²) in [7, 11) is 0. The summed E-state index contributed by atoms with van der Waals surface area (Å²) in [4.78, 5) is 2.46. The van der Waals surface area contributed by atoms with E-state index in [1.807, 2.05) is 0 Å². The molecule has 4 heteroatoms. The third-order valence-electron chi connectivity index (χ3n) is 2.67. The third-order valence-corrected chi connectivity index (χ3v) is 4.23. The van der Waals surface area contributed by atoms with Crippen LogP contribution in [-0.4, -0.2) is 31.1 Å². The van der Waals surface area contributed by atoms with Crippen molar-refractivity contribution >= 4 is 27.3 Å². The van der Waals surface area contributed by atoms with Gasteiger partial charge in [-0.1, -0.05) is 13.8 Å². The van der Waals surface area contributed by atoms with Gasteiger partial charge in [0, 0.05) is 6.54 Å². The van der Waals surface area contributed by atoms with E-state index in [1.165, 1.54) is 22.3 Å². The van der Waals surface area contributed by atoms with Crippen LogP contribution in [0, 0.1) is 0 Å². The molecule has 0 aromatic carbocycles. The smallest absolute Gasteiger partial charge is 0.0701 e. The summed E-state index contributed by atoms with van der Waals surface area (Å²) in [6.45, 7) is 10.1. The van der Waals surface area contributed by atoms with Crippen molar-refractivity contribution < 1.29 is 0 Å². The van der Waals surface area contributed by atoms with Gasteiger partial charge < -0.3 is 10.2 Å². The first-order chi connectivity index (χ1) is 7.76. The van der Waals surface area contributed by atoms with Crippen LogP contribution in [0.25, 0.3) is 0 Å². The van der Waals surface area contributed by atoms with Gasteiger partial charge in [0.25, 0.3) is 0 Å². The monoisotopic (exact) mass is 304 g/mol. The van der Waals surface area contributed by atoms with Crippen LogP contribution in [0.15, 0.2) is 15.2 Å². The van der Waals surface area contributed by atoms with Gasteiger partial charge in [0.1, 0.15) is 0 Å². The molecule has 0 aliphatic carbocycles. The summed E-state index contributed by atoms with van der Waals surface area (Å²) in [5.41, 5.74) is 1.37. The Kier molecular flexibility index (Phi) is 7.28. The second-order valence-corrected chi connectivity index (χ2v) is 6.11. The molecule has 0 aliphatic heterocycles. The van der Waals surface area contributed by atoms with Gasteiger partial charge in [0.15, 0.2) is 0 Å². The van der Waals surface area contributed by atoms with E-state index in [9.17, 15) is 0 Å². The summed E-state index contributed by atoms with van der Waals surface area (Å²) < 4.78 is 1.22. The summed E-state index contributed by atoms with van der Waals surface area (Å²) in [6, 6.07) is 2.18. The van der Waals surface area contributed by atoms with Gasteiger partial charge in [-0.15, -0.1) is 11.3 Å². The Bertz CT molecular complexity index is 284. The van der Waals surface area contributed by atoms with Gasteiger partial charge in [-0.25, -0.2) is 0 Å². The largest absolute Gasteiger partial charge is 0.313 e. The van der Waals surface area contributed by atoms with E-state index in [2.05, 4.69) is 51.4 Å². The minimum Gasteiger partial charge on any atom is -0.313 e.